The highest BCUT2D eigenvalue weighted by molar-refractivity contribution is 5.84. The molecule has 4 heteroatoms. The van der Waals surface area contributed by atoms with E-state index in [0.717, 1.165) is 56.9 Å². The number of hydrogen-bond donors (Lipinski definition) is 0. The van der Waals surface area contributed by atoms with Crippen molar-refractivity contribution in [2.24, 2.45) is 0 Å². The topological polar surface area (TPSA) is 52.6 Å². The van der Waals surface area contributed by atoms with Gasteiger partial charge in [0.25, 0.3) is 0 Å². The lowest BCUT2D eigenvalue weighted by molar-refractivity contribution is -0.152. The summed E-state index contributed by atoms with van der Waals surface area (Å²) in [4.78, 5) is 24.6. The third kappa shape index (κ3) is 9.59. The summed E-state index contributed by atoms with van der Waals surface area (Å²) in [6.45, 7) is 5.12. The first kappa shape index (κ1) is 22.2. The van der Waals surface area contributed by atoms with E-state index in [1.807, 2.05) is 30.3 Å². The minimum Gasteiger partial charge on any atom is -0.466 e. The van der Waals surface area contributed by atoms with Gasteiger partial charge in [0.15, 0.2) is 0 Å². The third-order valence-electron chi connectivity index (χ3n) is 4.36. The van der Waals surface area contributed by atoms with Crippen LogP contribution in [-0.2, 0) is 19.1 Å². The lowest BCUT2D eigenvalue weighted by atomic mass is 9.96. The standard InChI is InChI=1S/C22H34O4/c1-3-5-7-12-16-25-21(23)18-20(19-14-10-9-11-15-19)22(24)26-17-13-8-6-4-2/h9-11,14-15,20H,3-8,12-13,16-18H2,1-2H3. The summed E-state index contributed by atoms with van der Waals surface area (Å²) in [7, 11) is 0. The molecule has 0 heterocycles. The Hall–Kier alpha value is -1.84. The molecule has 0 aliphatic carbocycles. The summed E-state index contributed by atoms with van der Waals surface area (Å²) in [6, 6.07) is 9.34. The van der Waals surface area contributed by atoms with E-state index in [2.05, 4.69) is 13.8 Å². The molecule has 26 heavy (non-hydrogen) atoms. The lowest BCUT2D eigenvalue weighted by Gasteiger charge is -2.16. The van der Waals surface area contributed by atoms with Crippen molar-refractivity contribution >= 4 is 11.9 Å². The van der Waals surface area contributed by atoms with E-state index in [4.69, 9.17) is 9.47 Å². The van der Waals surface area contributed by atoms with Gasteiger partial charge in [0.1, 0.15) is 0 Å². The van der Waals surface area contributed by atoms with Crippen molar-refractivity contribution in [2.75, 3.05) is 13.2 Å². The van der Waals surface area contributed by atoms with E-state index in [-0.39, 0.29) is 18.4 Å². The Morgan fingerprint density at radius 3 is 1.96 bits per heavy atom. The van der Waals surface area contributed by atoms with Crippen LogP contribution >= 0.6 is 0 Å². The SMILES string of the molecule is CCCCCCOC(=O)CC(C(=O)OCCCCCC)c1ccccc1. The van der Waals surface area contributed by atoms with Crippen LogP contribution in [0.4, 0.5) is 0 Å². The van der Waals surface area contributed by atoms with Crippen LogP contribution in [-0.4, -0.2) is 25.2 Å². The molecular weight excluding hydrogens is 328 g/mol. The van der Waals surface area contributed by atoms with Gasteiger partial charge in [-0.1, -0.05) is 82.7 Å². The Morgan fingerprint density at radius 2 is 1.38 bits per heavy atom. The first-order valence-electron chi connectivity index (χ1n) is 10.1. The van der Waals surface area contributed by atoms with E-state index in [9.17, 15) is 9.59 Å². The van der Waals surface area contributed by atoms with Gasteiger partial charge >= 0.3 is 11.9 Å². The van der Waals surface area contributed by atoms with Crippen molar-refractivity contribution in [1.29, 1.82) is 0 Å². The van der Waals surface area contributed by atoms with Gasteiger partial charge in [-0.25, -0.2) is 0 Å². The fourth-order valence-electron chi connectivity index (χ4n) is 2.77. The second kappa shape index (κ2) is 14.3. The van der Waals surface area contributed by atoms with Crippen LogP contribution < -0.4 is 0 Å². The molecule has 0 saturated carbocycles. The Kier molecular flexibility index (Phi) is 12.2. The lowest BCUT2D eigenvalue weighted by Crippen LogP contribution is -2.21. The molecule has 0 radical (unpaired) electrons. The van der Waals surface area contributed by atoms with Gasteiger partial charge in [0.2, 0.25) is 0 Å². The quantitative estimate of drug-likeness (QED) is 0.328. The van der Waals surface area contributed by atoms with Gasteiger partial charge in [0, 0.05) is 0 Å². The molecule has 0 bridgehead atoms. The zero-order valence-corrected chi connectivity index (χ0v) is 16.4. The molecule has 4 nitrogen and oxygen atoms in total. The van der Waals surface area contributed by atoms with E-state index >= 15 is 0 Å². The summed E-state index contributed by atoms with van der Waals surface area (Å²) in [5.74, 6) is -1.26. The van der Waals surface area contributed by atoms with E-state index < -0.39 is 5.92 Å². The number of benzene rings is 1. The molecule has 146 valence electrons. The van der Waals surface area contributed by atoms with Crippen LogP contribution in [0.2, 0.25) is 0 Å². The minimum atomic E-state index is -0.592. The summed E-state index contributed by atoms with van der Waals surface area (Å²) in [6.07, 6.45) is 8.47. The predicted octanol–water partition coefficient (Wildman–Crippen LogP) is 5.41. The Labute approximate surface area is 158 Å². The molecule has 0 fully saturated rings. The Balaban J connectivity index is 2.51. The summed E-state index contributed by atoms with van der Waals surface area (Å²) >= 11 is 0. The smallest absolute Gasteiger partial charge is 0.314 e. The minimum absolute atomic E-state index is 0.0333. The second-order valence-corrected chi connectivity index (χ2v) is 6.68. The molecule has 0 amide bonds. The number of rotatable bonds is 14. The number of carbonyl (C=O) groups excluding carboxylic acids is 2. The molecule has 1 rings (SSSR count). The fourth-order valence-corrected chi connectivity index (χ4v) is 2.77. The van der Waals surface area contributed by atoms with Gasteiger partial charge in [-0.2, -0.15) is 0 Å². The maximum atomic E-state index is 12.5. The van der Waals surface area contributed by atoms with E-state index in [1.165, 1.54) is 0 Å². The Morgan fingerprint density at radius 1 is 0.808 bits per heavy atom. The number of unbranched alkanes of at least 4 members (excludes halogenated alkanes) is 6. The van der Waals surface area contributed by atoms with Crippen LogP contribution in [0.3, 0.4) is 0 Å². The molecule has 1 aromatic rings. The molecular formula is C22H34O4. The Bertz CT molecular complexity index is 498. The van der Waals surface area contributed by atoms with E-state index in [1.54, 1.807) is 0 Å². The van der Waals surface area contributed by atoms with Gasteiger partial charge in [0.05, 0.1) is 25.6 Å². The summed E-state index contributed by atoms with van der Waals surface area (Å²) in [5.41, 5.74) is 0.800. The average Bonchev–Trinajstić information content (AvgIpc) is 2.66. The van der Waals surface area contributed by atoms with Gasteiger partial charge in [-0.05, 0) is 18.4 Å². The first-order valence-corrected chi connectivity index (χ1v) is 10.1. The largest absolute Gasteiger partial charge is 0.466 e. The van der Waals surface area contributed by atoms with Crippen molar-refractivity contribution in [3.63, 3.8) is 0 Å². The first-order chi connectivity index (χ1) is 12.7. The molecule has 1 atom stereocenters. The summed E-state index contributed by atoms with van der Waals surface area (Å²) < 4.78 is 10.7. The molecule has 1 unspecified atom stereocenters. The number of ether oxygens (including phenoxy) is 2. The monoisotopic (exact) mass is 362 g/mol. The molecule has 0 N–H and O–H groups in total. The predicted molar refractivity (Wildman–Crippen MR) is 104 cm³/mol. The van der Waals surface area contributed by atoms with Crippen LogP contribution in [0.15, 0.2) is 30.3 Å². The van der Waals surface area contributed by atoms with Crippen molar-refractivity contribution in [3.05, 3.63) is 35.9 Å². The number of hydrogen-bond acceptors (Lipinski definition) is 4. The van der Waals surface area contributed by atoms with Crippen molar-refractivity contribution in [3.8, 4) is 0 Å². The van der Waals surface area contributed by atoms with Crippen molar-refractivity contribution in [2.45, 2.75) is 77.6 Å². The van der Waals surface area contributed by atoms with Crippen LogP contribution in [0, 0.1) is 0 Å². The van der Waals surface area contributed by atoms with Crippen LogP contribution in [0.1, 0.15) is 83.1 Å². The second-order valence-electron chi connectivity index (χ2n) is 6.68. The summed E-state index contributed by atoms with van der Waals surface area (Å²) in [5, 5.41) is 0. The third-order valence-corrected chi connectivity index (χ3v) is 4.36. The maximum absolute atomic E-state index is 12.5. The van der Waals surface area contributed by atoms with Crippen molar-refractivity contribution in [1.82, 2.24) is 0 Å². The zero-order chi connectivity index (χ0) is 19.0. The zero-order valence-electron chi connectivity index (χ0n) is 16.4. The molecule has 1 aromatic carbocycles. The average molecular weight is 363 g/mol. The van der Waals surface area contributed by atoms with Crippen LogP contribution in [0.5, 0.6) is 0 Å². The molecule has 0 aliphatic heterocycles. The van der Waals surface area contributed by atoms with Gasteiger partial charge in [-0.3, -0.25) is 9.59 Å². The number of carbonyl (C=O) groups is 2. The highest BCUT2D eigenvalue weighted by atomic mass is 16.5. The van der Waals surface area contributed by atoms with E-state index in [0.29, 0.717) is 13.2 Å². The molecule has 0 aliphatic rings. The normalized spacial score (nSPS) is 11.8. The number of esters is 2. The van der Waals surface area contributed by atoms with Crippen molar-refractivity contribution < 1.29 is 19.1 Å². The maximum Gasteiger partial charge on any atom is 0.314 e. The molecule has 0 saturated heterocycles. The fraction of sp³-hybridized carbons (Fsp3) is 0.636. The van der Waals surface area contributed by atoms with Gasteiger partial charge < -0.3 is 9.47 Å². The van der Waals surface area contributed by atoms with Gasteiger partial charge in [-0.15, -0.1) is 0 Å². The highest BCUT2D eigenvalue weighted by Crippen LogP contribution is 2.22. The molecule has 0 spiro atoms. The van der Waals surface area contributed by atoms with Crippen LogP contribution in [0.25, 0.3) is 0 Å². The molecule has 0 aromatic heterocycles. The highest BCUT2D eigenvalue weighted by Gasteiger charge is 2.26.